The standard InChI is InChI=1S/C6H14N2/c7-4-5-1-2-6(8)3-5/h5-6H,1-4,7-8H2/t5?,6-/m0/s1. The summed E-state index contributed by atoms with van der Waals surface area (Å²) in [5, 5.41) is 0. The van der Waals surface area contributed by atoms with Gasteiger partial charge in [0.25, 0.3) is 0 Å². The molecule has 0 aromatic heterocycles. The largest absolute Gasteiger partial charge is 0.330 e. The van der Waals surface area contributed by atoms with E-state index in [1.165, 1.54) is 12.8 Å². The fourth-order valence-electron chi connectivity index (χ4n) is 1.33. The maximum Gasteiger partial charge on any atom is 0.00420 e. The van der Waals surface area contributed by atoms with E-state index in [0.717, 1.165) is 18.9 Å². The van der Waals surface area contributed by atoms with Crippen LogP contribution in [0.1, 0.15) is 19.3 Å². The van der Waals surface area contributed by atoms with Crippen LogP contribution in [0.5, 0.6) is 0 Å². The van der Waals surface area contributed by atoms with Crippen LogP contribution >= 0.6 is 0 Å². The second kappa shape index (κ2) is 2.46. The van der Waals surface area contributed by atoms with Crippen LogP contribution in [-0.2, 0) is 0 Å². The topological polar surface area (TPSA) is 52.0 Å². The van der Waals surface area contributed by atoms with Gasteiger partial charge in [0.1, 0.15) is 0 Å². The Morgan fingerprint density at radius 1 is 1.38 bits per heavy atom. The highest BCUT2D eigenvalue weighted by Gasteiger charge is 2.19. The van der Waals surface area contributed by atoms with E-state index in [-0.39, 0.29) is 0 Å². The molecule has 0 saturated heterocycles. The molecule has 1 aliphatic rings. The van der Waals surface area contributed by atoms with Crippen molar-refractivity contribution in [2.75, 3.05) is 6.54 Å². The van der Waals surface area contributed by atoms with Gasteiger partial charge in [-0.25, -0.2) is 0 Å². The number of nitrogens with two attached hydrogens (primary N) is 2. The SMILES string of the molecule is NCC1CC[C@H](N)C1. The summed E-state index contributed by atoms with van der Waals surface area (Å²) < 4.78 is 0. The molecule has 0 amide bonds. The van der Waals surface area contributed by atoms with Crippen LogP contribution in [-0.4, -0.2) is 12.6 Å². The van der Waals surface area contributed by atoms with E-state index >= 15 is 0 Å². The summed E-state index contributed by atoms with van der Waals surface area (Å²) in [5.74, 6) is 0.727. The lowest BCUT2D eigenvalue weighted by Crippen LogP contribution is -2.17. The van der Waals surface area contributed by atoms with Gasteiger partial charge < -0.3 is 11.5 Å². The molecule has 0 radical (unpaired) electrons. The molecule has 1 rings (SSSR count). The van der Waals surface area contributed by atoms with E-state index in [4.69, 9.17) is 11.5 Å². The molecule has 0 aromatic carbocycles. The summed E-state index contributed by atoms with van der Waals surface area (Å²) in [6.07, 6.45) is 3.58. The first-order valence-electron chi connectivity index (χ1n) is 3.28. The third kappa shape index (κ3) is 1.20. The van der Waals surface area contributed by atoms with Crippen LogP contribution in [0.2, 0.25) is 0 Å². The normalized spacial score (nSPS) is 38.2. The second-order valence-electron chi connectivity index (χ2n) is 2.67. The van der Waals surface area contributed by atoms with Crippen molar-refractivity contribution in [2.45, 2.75) is 25.3 Å². The van der Waals surface area contributed by atoms with Crippen molar-refractivity contribution in [2.24, 2.45) is 17.4 Å². The highest BCUT2D eigenvalue weighted by Crippen LogP contribution is 2.22. The van der Waals surface area contributed by atoms with Crippen molar-refractivity contribution in [3.05, 3.63) is 0 Å². The summed E-state index contributed by atoms with van der Waals surface area (Å²) >= 11 is 0. The molecule has 2 heteroatoms. The van der Waals surface area contributed by atoms with E-state index in [9.17, 15) is 0 Å². The quantitative estimate of drug-likeness (QED) is 0.507. The van der Waals surface area contributed by atoms with Crippen molar-refractivity contribution in [1.29, 1.82) is 0 Å². The van der Waals surface area contributed by atoms with Crippen LogP contribution < -0.4 is 11.5 Å². The monoisotopic (exact) mass is 114 g/mol. The number of hydrogen-bond donors (Lipinski definition) is 2. The summed E-state index contributed by atoms with van der Waals surface area (Å²) in [5.41, 5.74) is 11.1. The number of hydrogen-bond acceptors (Lipinski definition) is 2. The van der Waals surface area contributed by atoms with Crippen LogP contribution in [0.25, 0.3) is 0 Å². The lowest BCUT2D eigenvalue weighted by molar-refractivity contribution is 0.550. The molecule has 48 valence electrons. The fourth-order valence-corrected chi connectivity index (χ4v) is 1.33. The van der Waals surface area contributed by atoms with E-state index in [1.807, 2.05) is 0 Å². The van der Waals surface area contributed by atoms with E-state index in [1.54, 1.807) is 0 Å². The first-order valence-corrected chi connectivity index (χ1v) is 3.28. The van der Waals surface area contributed by atoms with Gasteiger partial charge in [-0.1, -0.05) is 0 Å². The molecule has 2 atom stereocenters. The van der Waals surface area contributed by atoms with Crippen LogP contribution in [0, 0.1) is 5.92 Å². The average molecular weight is 114 g/mol. The van der Waals surface area contributed by atoms with E-state index in [2.05, 4.69) is 0 Å². The Balaban J connectivity index is 2.22. The minimum Gasteiger partial charge on any atom is -0.330 e. The van der Waals surface area contributed by atoms with Gasteiger partial charge in [-0.3, -0.25) is 0 Å². The van der Waals surface area contributed by atoms with Crippen molar-refractivity contribution < 1.29 is 0 Å². The van der Waals surface area contributed by atoms with Crippen LogP contribution in [0.3, 0.4) is 0 Å². The van der Waals surface area contributed by atoms with E-state index in [0.29, 0.717) is 6.04 Å². The third-order valence-corrected chi connectivity index (χ3v) is 1.92. The Kier molecular flexibility index (Phi) is 1.86. The minimum atomic E-state index is 0.448. The molecule has 0 bridgehead atoms. The zero-order chi connectivity index (χ0) is 5.98. The van der Waals surface area contributed by atoms with Crippen molar-refractivity contribution >= 4 is 0 Å². The molecule has 0 spiro atoms. The third-order valence-electron chi connectivity index (χ3n) is 1.92. The molecule has 1 fully saturated rings. The first-order chi connectivity index (χ1) is 3.83. The lowest BCUT2D eigenvalue weighted by Gasteiger charge is -2.02. The van der Waals surface area contributed by atoms with Crippen molar-refractivity contribution in [3.8, 4) is 0 Å². The molecule has 1 unspecified atom stereocenters. The maximum atomic E-state index is 5.65. The molecule has 1 aliphatic carbocycles. The Morgan fingerprint density at radius 2 is 2.12 bits per heavy atom. The van der Waals surface area contributed by atoms with Crippen LogP contribution in [0.4, 0.5) is 0 Å². The molecule has 4 N–H and O–H groups in total. The predicted molar refractivity (Wildman–Crippen MR) is 34.4 cm³/mol. The Bertz CT molecular complexity index is 72.9. The Morgan fingerprint density at radius 3 is 2.38 bits per heavy atom. The molecule has 0 aliphatic heterocycles. The summed E-state index contributed by atoms with van der Waals surface area (Å²) in [4.78, 5) is 0. The van der Waals surface area contributed by atoms with Gasteiger partial charge in [-0.15, -0.1) is 0 Å². The van der Waals surface area contributed by atoms with Gasteiger partial charge in [0.15, 0.2) is 0 Å². The Hall–Kier alpha value is -0.0800. The summed E-state index contributed by atoms with van der Waals surface area (Å²) in [7, 11) is 0. The van der Waals surface area contributed by atoms with Crippen molar-refractivity contribution in [3.63, 3.8) is 0 Å². The maximum absolute atomic E-state index is 5.65. The van der Waals surface area contributed by atoms with E-state index < -0.39 is 0 Å². The van der Waals surface area contributed by atoms with Gasteiger partial charge in [-0.05, 0) is 31.7 Å². The predicted octanol–water partition coefficient (Wildman–Crippen LogP) is 0.0725. The van der Waals surface area contributed by atoms with Gasteiger partial charge in [0.2, 0.25) is 0 Å². The van der Waals surface area contributed by atoms with Crippen LogP contribution in [0.15, 0.2) is 0 Å². The highest BCUT2D eigenvalue weighted by molar-refractivity contribution is 4.77. The molecule has 1 saturated carbocycles. The zero-order valence-corrected chi connectivity index (χ0v) is 5.14. The van der Waals surface area contributed by atoms with Gasteiger partial charge in [0.05, 0.1) is 0 Å². The highest BCUT2D eigenvalue weighted by atomic mass is 14.7. The summed E-state index contributed by atoms with van der Waals surface area (Å²) in [6, 6.07) is 0.448. The molecule has 2 nitrogen and oxygen atoms in total. The smallest absolute Gasteiger partial charge is 0.00420 e. The average Bonchev–Trinajstić information content (AvgIpc) is 2.14. The lowest BCUT2D eigenvalue weighted by atomic mass is 10.1. The minimum absolute atomic E-state index is 0.448. The Labute approximate surface area is 50.2 Å². The second-order valence-corrected chi connectivity index (χ2v) is 2.67. The molecule has 0 heterocycles. The summed E-state index contributed by atoms with van der Waals surface area (Å²) in [6.45, 7) is 0.827. The molecular formula is C6H14N2. The first kappa shape index (κ1) is 6.05. The van der Waals surface area contributed by atoms with Gasteiger partial charge >= 0.3 is 0 Å². The van der Waals surface area contributed by atoms with Gasteiger partial charge in [0, 0.05) is 6.04 Å². The molecule has 8 heavy (non-hydrogen) atoms. The number of rotatable bonds is 1. The van der Waals surface area contributed by atoms with Gasteiger partial charge in [-0.2, -0.15) is 0 Å². The fraction of sp³-hybridized carbons (Fsp3) is 1.00. The zero-order valence-electron chi connectivity index (χ0n) is 5.14. The van der Waals surface area contributed by atoms with Crippen molar-refractivity contribution in [1.82, 2.24) is 0 Å². The molecular weight excluding hydrogens is 100 g/mol. The molecule has 0 aromatic rings.